The molecule has 0 spiro atoms. The lowest BCUT2D eigenvalue weighted by molar-refractivity contribution is -0.137. The van der Waals surface area contributed by atoms with Crippen molar-refractivity contribution in [3.63, 3.8) is 0 Å². The number of pyridine rings is 1. The third-order valence-corrected chi connectivity index (χ3v) is 4.19. The number of aliphatic carboxylic acids is 1. The van der Waals surface area contributed by atoms with Gasteiger partial charge in [0.15, 0.2) is 0 Å². The number of hydrogen-bond acceptors (Lipinski definition) is 4. The number of unbranched alkanes of at least 4 members (excludes halogenated alkanes) is 2. The molecule has 1 aromatic heterocycles. The zero-order chi connectivity index (χ0) is 17.2. The summed E-state index contributed by atoms with van der Waals surface area (Å²) in [6.07, 6.45) is 9.93. The zero-order valence-corrected chi connectivity index (χ0v) is 14.0. The first-order valence-corrected chi connectivity index (χ1v) is 8.78. The number of amides is 1. The lowest BCUT2D eigenvalue weighted by Crippen LogP contribution is -2.25. The molecule has 1 heterocycles. The quantitative estimate of drug-likeness (QED) is 0.677. The molecule has 132 valence electrons. The van der Waals surface area contributed by atoms with Gasteiger partial charge in [0.2, 0.25) is 5.88 Å². The summed E-state index contributed by atoms with van der Waals surface area (Å²) in [6, 6.07) is 3.36. The van der Waals surface area contributed by atoms with Crippen LogP contribution in [0, 0.1) is 0 Å². The van der Waals surface area contributed by atoms with Crippen molar-refractivity contribution in [2.24, 2.45) is 0 Å². The van der Waals surface area contributed by atoms with E-state index in [0.717, 1.165) is 25.7 Å². The average Bonchev–Trinajstić information content (AvgIpc) is 2.58. The van der Waals surface area contributed by atoms with E-state index in [4.69, 9.17) is 9.84 Å². The van der Waals surface area contributed by atoms with Gasteiger partial charge in [-0.15, -0.1) is 0 Å². The number of aromatic nitrogens is 1. The fraction of sp³-hybridized carbons (Fsp3) is 0.611. The van der Waals surface area contributed by atoms with Crippen LogP contribution in [-0.2, 0) is 4.79 Å². The third kappa shape index (κ3) is 6.56. The molecule has 0 atom stereocenters. The SMILES string of the molecule is O=C(O)CCCCCNC(=O)c1ccnc(OC2CCCCC2)c1. The molecule has 1 aromatic rings. The van der Waals surface area contributed by atoms with Crippen molar-refractivity contribution in [1.82, 2.24) is 10.3 Å². The van der Waals surface area contributed by atoms with Gasteiger partial charge in [-0.25, -0.2) is 4.98 Å². The summed E-state index contributed by atoms with van der Waals surface area (Å²) < 4.78 is 5.88. The third-order valence-electron chi connectivity index (χ3n) is 4.19. The minimum atomic E-state index is -0.777. The number of nitrogens with zero attached hydrogens (tertiary/aromatic N) is 1. The highest BCUT2D eigenvalue weighted by Crippen LogP contribution is 2.22. The van der Waals surface area contributed by atoms with E-state index in [1.54, 1.807) is 18.3 Å². The summed E-state index contributed by atoms with van der Waals surface area (Å²) >= 11 is 0. The molecule has 1 aliphatic rings. The van der Waals surface area contributed by atoms with Gasteiger partial charge in [-0.3, -0.25) is 9.59 Å². The van der Waals surface area contributed by atoms with Gasteiger partial charge < -0.3 is 15.2 Å². The van der Waals surface area contributed by atoms with E-state index < -0.39 is 5.97 Å². The van der Waals surface area contributed by atoms with Crippen molar-refractivity contribution in [3.05, 3.63) is 23.9 Å². The Hall–Kier alpha value is -2.11. The van der Waals surface area contributed by atoms with Crippen LogP contribution in [0.3, 0.4) is 0 Å². The number of hydrogen-bond donors (Lipinski definition) is 2. The molecule has 0 unspecified atom stereocenters. The number of rotatable bonds is 9. The molecular weight excluding hydrogens is 308 g/mol. The molecule has 0 aliphatic heterocycles. The van der Waals surface area contributed by atoms with Crippen molar-refractivity contribution >= 4 is 11.9 Å². The Bertz CT molecular complexity index is 542. The molecule has 24 heavy (non-hydrogen) atoms. The molecule has 0 bridgehead atoms. The highest BCUT2D eigenvalue weighted by Gasteiger charge is 2.16. The van der Waals surface area contributed by atoms with Crippen molar-refractivity contribution in [2.75, 3.05) is 6.54 Å². The summed E-state index contributed by atoms with van der Waals surface area (Å²) in [5, 5.41) is 11.4. The predicted octanol–water partition coefficient (Wildman–Crippen LogP) is 3.17. The van der Waals surface area contributed by atoms with Crippen LogP contribution in [0.15, 0.2) is 18.3 Å². The van der Waals surface area contributed by atoms with Crippen LogP contribution in [0.5, 0.6) is 5.88 Å². The van der Waals surface area contributed by atoms with E-state index in [2.05, 4.69) is 10.3 Å². The Kier molecular flexibility index (Phi) is 7.52. The molecule has 1 fully saturated rings. The van der Waals surface area contributed by atoms with E-state index in [1.165, 1.54) is 19.3 Å². The van der Waals surface area contributed by atoms with Gasteiger partial charge >= 0.3 is 5.97 Å². The minimum Gasteiger partial charge on any atom is -0.481 e. The highest BCUT2D eigenvalue weighted by molar-refractivity contribution is 5.94. The molecule has 1 aliphatic carbocycles. The Morgan fingerprint density at radius 1 is 1.21 bits per heavy atom. The van der Waals surface area contributed by atoms with Gasteiger partial charge in [-0.2, -0.15) is 0 Å². The van der Waals surface area contributed by atoms with E-state index in [9.17, 15) is 9.59 Å². The van der Waals surface area contributed by atoms with Crippen LogP contribution in [-0.4, -0.2) is 34.6 Å². The number of carboxylic acids is 1. The minimum absolute atomic E-state index is 0.149. The first-order chi connectivity index (χ1) is 11.6. The second-order valence-corrected chi connectivity index (χ2v) is 6.22. The Labute approximate surface area is 142 Å². The predicted molar refractivity (Wildman–Crippen MR) is 90.2 cm³/mol. The number of nitrogens with one attached hydrogen (secondary N) is 1. The first-order valence-electron chi connectivity index (χ1n) is 8.78. The summed E-state index contributed by atoms with van der Waals surface area (Å²) in [6.45, 7) is 0.541. The van der Waals surface area contributed by atoms with E-state index in [-0.39, 0.29) is 18.4 Å². The second kappa shape index (κ2) is 9.90. The number of carboxylic acid groups (broad SMARTS) is 1. The van der Waals surface area contributed by atoms with Crippen LogP contribution in [0.25, 0.3) is 0 Å². The summed E-state index contributed by atoms with van der Waals surface area (Å²) in [5.74, 6) is -0.415. The fourth-order valence-electron chi connectivity index (χ4n) is 2.85. The van der Waals surface area contributed by atoms with Crippen molar-refractivity contribution < 1.29 is 19.4 Å². The Morgan fingerprint density at radius 2 is 2.00 bits per heavy atom. The fourth-order valence-corrected chi connectivity index (χ4v) is 2.85. The summed E-state index contributed by atoms with van der Waals surface area (Å²) in [7, 11) is 0. The number of carbonyl (C=O) groups is 2. The molecule has 2 rings (SSSR count). The van der Waals surface area contributed by atoms with Crippen LogP contribution in [0.2, 0.25) is 0 Å². The van der Waals surface area contributed by atoms with Crippen molar-refractivity contribution in [1.29, 1.82) is 0 Å². The van der Waals surface area contributed by atoms with Gasteiger partial charge in [0, 0.05) is 30.8 Å². The van der Waals surface area contributed by atoms with Gasteiger partial charge in [0.1, 0.15) is 6.10 Å². The van der Waals surface area contributed by atoms with Crippen molar-refractivity contribution in [3.8, 4) is 5.88 Å². The summed E-state index contributed by atoms with van der Waals surface area (Å²) in [5.41, 5.74) is 0.543. The molecular formula is C18H26N2O4. The van der Waals surface area contributed by atoms with Gasteiger partial charge in [-0.1, -0.05) is 12.8 Å². The number of ether oxygens (including phenoxy) is 1. The van der Waals surface area contributed by atoms with Crippen LogP contribution >= 0.6 is 0 Å². The average molecular weight is 334 g/mol. The Balaban J connectivity index is 1.73. The van der Waals surface area contributed by atoms with Gasteiger partial charge in [0.25, 0.3) is 5.91 Å². The molecule has 1 saturated carbocycles. The molecule has 2 N–H and O–H groups in total. The number of carbonyl (C=O) groups excluding carboxylic acids is 1. The second-order valence-electron chi connectivity index (χ2n) is 6.22. The zero-order valence-electron chi connectivity index (χ0n) is 14.0. The molecule has 0 aromatic carbocycles. The topological polar surface area (TPSA) is 88.5 Å². The van der Waals surface area contributed by atoms with E-state index in [0.29, 0.717) is 24.4 Å². The monoisotopic (exact) mass is 334 g/mol. The normalized spacial score (nSPS) is 15.0. The first kappa shape index (κ1) is 18.2. The highest BCUT2D eigenvalue weighted by atomic mass is 16.5. The molecule has 0 saturated heterocycles. The van der Waals surface area contributed by atoms with Crippen LogP contribution in [0.1, 0.15) is 68.1 Å². The van der Waals surface area contributed by atoms with Gasteiger partial charge in [-0.05, 0) is 44.6 Å². The van der Waals surface area contributed by atoms with Crippen molar-refractivity contribution in [2.45, 2.75) is 63.9 Å². The largest absolute Gasteiger partial charge is 0.481 e. The smallest absolute Gasteiger partial charge is 0.303 e. The molecule has 6 heteroatoms. The maximum absolute atomic E-state index is 12.1. The van der Waals surface area contributed by atoms with Crippen LogP contribution in [0.4, 0.5) is 0 Å². The van der Waals surface area contributed by atoms with Gasteiger partial charge in [0.05, 0.1) is 0 Å². The summed E-state index contributed by atoms with van der Waals surface area (Å²) in [4.78, 5) is 26.7. The van der Waals surface area contributed by atoms with Crippen LogP contribution < -0.4 is 10.1 Å². The standard InChI is InChI=1S/C18H26N2O4/c21-17(22)9-5-2-6-11-20-18(23)14-10-12-19-16(13-14)24-15-7-3-1-4-8-15/h10,12-13,15H,1-9,11H2,(H,20,23)(H,21,22). The lowest BCUT2D eigenvalue weighted by Gasteiger charge is -2.22. The molecule has 0 radical (unpaired) electrons. The molecule has 1 amide bonds. The maximum Gasteiger partial charge on any atom is 0.303 e. The Morgan fingerprint density at radius 3 is 2.75 bits per heavy atom. The molecule has 6 nitrogen and oxygen atoms in total. The maximum atomic E-state index is 12.1. The van der Waals surface area contributed by atoms with E-state index >= 15 is 0 Å². The van der Waals surface area contributed by atoms with E-state index in [1.807, 2.05) is 0 Å². The lowest BCUT2D eigenvalue weighted by atomic mass is 9.98.